The average molecular weight is 475 g/mol. The van der Waals surface area contributed by atoms with Gasteiger partial charge in [-0.1, -0.05) is 42.0 Å². The fourth-order valence-electron chi connectivity index (χ4n) is 3.43. The molecule has 0 fully saturated rings. The first kappa shape index (κ1) is 22.8. The second-order valence-corrected chi connectivity index (χ2v) is 9.38. The lowest BCUT2D eigenvalue weighted by atomic mass is 10.1. The third kappa shape index (κ3) is 5.01. The molecule has 0 unspecified atom stereocenters. The van der Waals surface area contributed by atoms with E-state index in [4.69, 9.17) is 0 Å². The Morgan fingerprint density at radius 3 is 2.30 bits per heavy atom. The van der Waals surface area contributed by atoms with Crippen LogP contribution >= 0.6 is 0 Å². The minimum atomic E-state index is -4.60. The van der Waals surface area contributed by atoms with Gasteiger partial charge in [-0.05, 0) is 48.4 Å². The zero-order valence-corrected chi connectivity index (χ0v) is 18.2. The molecule has 172 valence electrons. The highest BCUT2D eigenvalue weighted by Crippen LogP contribution is 2.37. The van der Waals surface area contributed by atoms with Gasteiger partial charge in [0, 0.05) is 12.1 Å². The number of rotatable bonds is 4. The molecule has 0 aliphatic carbocycles. The summed E-state index contributed by atoms with van der Waals surface area (Å²) >= 11 is 0. The van der Waals surface area contributed by atoms with Crippen LogP contribution in [0.1, 0.15) is 38.8 Å². The van der Waals surface area contributed by atoms with E-state index in [0.717, 1.165) is 29.3 Å². The van der Waals surface area contributed by atoms with Crippen molar-refractivity contribution >= 4 is 21.6 Å². The molecule has 6 nitrogen and oxygen atoms in total. The number of hydrogen-bond acceptors (Lipinski definition) is 4. The maximum atomic E-state index is 13.0. The molecule has 1 amide bonds. The van der Waals surface area contributed by atoms with Crippen molar-refractivity contribution in [2.24, 2.45) is 0 Å². The summed E-state index contributed by atoms with van der Waals surface area (Å²) in [5.74, 6) is -0.306. The number of amides is 1. The Balaban J connectivity index is 1.50. The number of anilines is 1. The topological polar surface area (TPSA) is 87.3 Å². The minimum absolute atomic E-state index is 0.145. The lowest BCUT2D eigenvalue weighted by Gasteiger charge is -2.29. The van der Waals surface area contributed by atoms with Crippen molar-refractivity contribution in [3.8, 4) is 0 Å². The molecule has 1 aliphatic heterocycles. The molecule has 0 aromatic heterocycles. The standard InChI is InChI=1S/C23H20F3N3O3S/c1-14-2-4-15(5-3-14)13-27-22(30)17-8-6-16(7-9-17)21-28-19-12-18(23(24,25)26)10-11-20(19)33(31,32)29-21/h2-12,21,28-29H,13H2,1H3,(H,27,30)/t21-/m1/s1. The molecular formula is C23H20F3N3O3S. The van der Waals surface area contributed by atoms with E-state index in [1.165, 1.54) is 12.1 Å². The number of sulfonamides is 1. The number of nitrogens with one attached hydrogen (secondary N) is 3. The van der Waals surface area contributed by atoms with Crippen molar-refractivity contribution in [1.29, 1.82) is 0 Å². The van der Waals surface area contributed by atoms with E-state index in [-0.39, 0.29) is 16.5 Å². The first-order valence-electron chi connectivity index (χ1n) is 9.97. The zero-order chi connectivity index (χ0) is 23.8. The van der Waals surface area contributed by atoms with E-state index in [2.05, 4.69) is 15.4 Å². The van der Waals surface area contributed by atoms with Gasteiger partial charge in [-0.3, -0.25) is 4.79 Å². The van der Waals surface area contributed by atoms with Gasteiger partial charge < -0.3 is 10.6 Å². The number of alkyl halides is 3. The molecule has 1 atom stereocenters. The SMILES string of the molecule is Cc1ccc(CNC(=O)c2ccc([C@@H]3Nc4cc(C(F)(F)F)ccc4S(=O)(=O)N3)cc2)cc1. The summed E-state index contributed by atoms with van der Waals surface area (Å²) in [6.45, 7) is 2.32. The summed E-state index contributed by atoms with van der Waals surface area (Å²) in [5, 5.41) is 5.60. The Morgan fingerprint density at radius 1 is 1.00 bits per heavy atom. The number of aryl methyl sites for hydroxylation is 1. The van der Waals surface area contributed by atoms with Crippen LogP contribution in [0.5, 0.6) is 0 Å². The molecule has 0 saturated heterocycles. The number of carbonyl (C=O) groups excluding carboxylic acids is 1. The van der Waals surface area contributed by atoms with E-state index in [1.807, 2.05) is 31.2 Å². The molecule has 4 rings (SSSR count). The van der Waals surface area contributed by atoms with E-state index >= 15 is 0 Å². The van der Waals surface area contributed by atoms with Gasteiger partial charge in [-0.15, -0.1) is 0 Å². The van der Waals surface area contributed by atoms with Crippen LogP contribution in [0.15, 0.2) is 71.6 Å². The monoisotopic (exact) mass is 475 g/mol. The van der Waals surface area contributed by atoms with Crippen LogP contribution in [0.25, 0.3) is 0 Å². The van der Waals surface area contributed by atoms with E-state index < -0.39 is 27.9 Å². The van der Waals surface area contributed by atoms with Crippen LogP contribution in [0.4, 0.5) is 18.9 Å². The molecule has 3 N–H and O–H groups in total. The number of carbonyl (C=O) groups is 1. The molecule has 3 aromatic carbocycles. The third-order valence-electron chi connectivity index (χ3n) is 5.25. The molecule has 0 saturated carbocycles. The van der Waals surface area contributed by atoms with Crippen molar-refractivity contribution in [3.63, 3.8) is 0 Å². The van der Waals surface area contributed by atoms with Crippen molar-refractivity contribution in [2.75, 3.05) is 5.32 Å². The van der Waals surface area contributed by atoms with Gasteiger partial charge in [0.25, 0.3) is 5.91 Å². The van der Waals surface area contributed by atoms with Crippen LogP contribution in [0.2, 0.25) is 0 Å². The molecule has 0 spiro atoms. The van der Waals surface area contributed by atoms with Crippen LogP contribution in [-0.4, -0.2) is 14.3 Å². The van der Waals surface area contributed by atoms with Crippen LogP contribution in [-0.2, 0) is 22.7 Å². The minimum Gasteiger partial charge on any atom is -0.364 e. The van der Waals surface area contributed by atoms with Crippen molar-refractivity contribution in [1.82, 2.24) is 10.0 Å². The number of benzene rings is 3. The summed E-state index contributed by atoms with van der Waals surface area (Å²) in [4.78, 5) is 12.2. The number of halogens is 3. The zero-order valence-electron chi connectivity index (χ0n) is 17.4. The average Bonchev–Trinajstić information content (AvgIpc) is 2.77. The van der Waals surface area contributed by atoms with Crippen molar-refractivity contribution in [3.05, 3.63) is 94.5 Å². The predicted molar refractivity (Wildman–Crippen MR) is 117 cm³/mol. The Bertz CT molecular complexity index is 1290. The number of hydrogen-bond donors (Lipinski definition) is 3. The maximum Gasteiger partial charge on any atom is 0.416 e. The van der Waals surface area contributed by atoms with Gasteiger partial charge in [0.1, 0.15) is 11.1 Å². The van der Waals surface area contributed by atoms with Crippen LogP contribution < -0.4 is 15.4 Å². The van der Waals surface area contributed by atoms with Crippen LogP contribution in [0, 0.1) is 6.92 Å². The molecule has 1 aliphatic rings. The first-order chi connectivity index (χ1) is 15.5. The van der Waals surface area contributed by atoms with E-state index in [9.17, 15) is 26.4 Å². The predicted octanol–water partition coefficient (Wildman–Crippen LogP) is 4.35. The van der Waals surface area contributed by atoms with E-state index in [1.54, 1.807) is 12.1 Å². The molecule has 10 heteroatoms. The molecule has 0 radical (unpaired) electrons. The molecule has 1 heterocycles. The maximum absolute atomic E-state index is 13.0. The number of fused-ring (bicyclic) bond motifs is 1. The lowest BCUT2D eigenvalue weighted by molar-refractivity contribution is -0.137. The summed E-state index contributed by atoms with van der Waals surface area (Å²) in [7, 11) is -4.03. The summed E-state index contributed by atoms with van der Waals surface area (Å²) in [6, 6.07) is 16.3. The Morgan fingerprint density at radius 2 is 1.67 bits per heavy atom. The lowest BCUT2D eigenvalue weighted by Crippen LogP contribution is -2.38. The van der Waals surface area contributed by atoms with Gasteiger partial charge >= 0.3 is 6.18 Å². The fourth-order valence-corrected chi connectivity index (χ4v) is 4.71. The van der Waals surface area contributed by atoms with E-state index in [0.29, 0.717) is 17.7 Å². The Labute approximate surface area is 188 Å². The first-order valence-corrected chi connectivity index (χ1v) is 11.4. The second kappa shape index (κ2) is 8.53. The fraction of sp³-hybridized carbons (Fsp3) is 0.174. The highest BCUT2D eigenvalue weighted by atomic mass is 32.2. The normalized spacial score (nSPS) is 17.0. The van der Waals surface area contributed by atoms with Gasteiger partial charge in [0.15, 0.2) is 0 Å². The Kier molecular flexibility index (Phi) is 5.89. The molecule has 0 bridgehead atoms. The smallest absolute Gasteiger partial charge is 0.364 e. The summed E-state index contributed by atoms with van der Waals surface area (Å²) < 4.78 is 66.6. The van der Waals surface area contributed by atoms with Crippen LogP contribution in [0.3, 0.4) is 0 Å². The van der Waals surface area contributed by atoms with Gasteiger partial charge in [0.2, 0.25) is 10.0 Å². The largest absolute Gasteiger partial charge is 0.416 e. The molecule has 33 heavy (non-hydrogen) atoms. The molecule has 3 aromatic rings. The molecular weight excluding hydrogens is 455 g/mol. The third-order valence-corrected chi connectivity index (χ3v) is 6.73. The van der Waals surface area contributed by atoms with Gasteiger partial charge in [-0.2, -0.15) is 17.9 Å². The van der Waals surface area contributed by atoms with Gasteiger partial charge in [0.05, 0.1) is 11.3 Å². The second-order valence-electron chi connectivity index (χ2n) is 7.70. The van der Waals surface area contributed by atoms with Gasteiger partial charge in [-0.25, -0.2) is 8.42 Å². The van der Waals surface area contributed by atoms with Crippen molar-refractivity contribution in [2.45, 2.75) is 30.7 Å². The van der Waals surface area contributed by atoms with Crippen molar-refractivity contribution < 1.29 is 26.4 Å². The Hall–Kier alpha value is -3.37. The highest BCUT2D eigenvalue weighted by Gasteiger charge is 2.35. The highest BCUT2D eigenvalue weighted by molar-refractivity contribution is 7.89. The summed E-state index contributed by atoms with van der Waals surface area (Å²) in [5.41, 5.74) is 1.77. The summed E-state index contributed by atoms with van der Waals surface area (Å²) in [6.07, 6.45) is -5.59. The quantitative estimate of drug-likeness (QED) is 0.524.